The van der Waals surface area contributed by atoms with Gasteiger partial charge in [-0.3, -0.25) is 0 Å². The first kappa shape index (κ1) is 14.6. The predicted octanol–water partition coefficient (Wildman–Crippen LogP) is 3.64. The van der Waals surface area contributed by atoms with Crippen LogP contribution in [-0.4, -0.2) is 18.3 Å². The highest BCUT2D eigenvalue weighted by atomic mass is 79.9. The van der Waals surface area contributed by atoms with E-state index in [1.807, 2.05) is 6.07 Å². The van der Waals surface area contributed by atoms with Crippen molar-refractivity contribution in [1.82, 2.24) is 0 Å². The van der Waals surface area contributed by atoms with Crippen molar-refractivity contribution in [3.05, 3.63) is 28.2 Å². The van der Waals surface area contributed by atoms with Crippen LogP contribution in [0.3, 0.4) is 0 Å². The molecule has 1 aromatic rings. The Hall–Kier alpha value is 0.165. The van der Waals surface area contributed by atoms with Crippen LogP contribution in [0.25, 0.3) is 0 Å². The van der Waals surface area contributed by atoms with Crippen molar-refractivity contribution >= 4 is 44.4 Å². The molecule has 1 aliphatic rings. The van der Waals surface area contributed by atoms with E-state index in [0.717, 1.165) is 15.3 Å². The van der Waals surface area contributed by atoms with Crippen molar-refractivity contribution in [1.29, 1.82) is 0 Å². The number of hydrogen-bond donors (Lipinski definition) is 0. The van der Waals surface area contributed by atoms with Crippen molar-refractivity contribution in [2.24, 2.45) is 0 Å². The van der Waals surface area contributed by atoms with Gasteiger partial charge >= 0.3 is 7.12 Å². The van der Waals surface area contributed by atoms with Gasteiger partial charge in [0.05, 0.1) is 11.2 Å². The molecule has 1 heterocycles. The molecule has 1 aromatic carbocycles. The highest BCUT2D eigenvalue weighted by molar-refractivity contribution is 9.10. The van der Waals surface area contributed by atoms with Crippen molar-refractivity contribution < 1.29 is 9.31 Å². The molecule has 0 saturated carbocycles. The van der Waals surface area contributed by atoms with Crippen LogP contribution in [0.5, 0.6) is 0 Å². The summed E-state index contributed by atoms with van der Waals surface area (Å²) in [6.07, 6.45) is 0. The Morgan fingerprint density at radius 2 is 1.61 bits per heavy atom. The first-order valence-electron chi connectivity index (χ1n) is 5.96. The second-order valence-electron chi connectivity index (χ2n) is 5.61. The Morgan fingerprint density at radius 1 is 1.06 bits per heavy atom. The molecule has 0 bridgehead atoms. The average molecular weight is 376 g/mol. The SMILES string of the molecule is CC1(C)OB(c2cc(Br)cc(CBr)c2)OC1(C)C. The Morgan fingerprint density at radius 3 is 2.11 bits per heavy atom. The van der Waals surface area contributed by atoms with Crippen LogP contribution in [0.2, 0.25) is 0 Å². The third kappa shape index (κ3) is 2.69. The van der Waals surface area contributed by atoms with Crippen molar-refractivity contribution in [2.45, 2.75) is 44.2 Å². The van der Waals surface area contributed by atoms with Crippen LogP contribution in [0.15, 0.2) is 22.7 Å². The molecule has 0 radical (unpaired) electrons. The highest BCUT2D eigenvalue weighted by Crippen LogP contribution is 2.36. The second kappa shape index (κ2) is 4.93. The normalized spacial score (nSPS) is 21.3. The maximum absolute atomic E-state index is 6.05. The molecular weight excluding hydrogens is 359 g/mol. The topological polar surface area (TPSA) is 18.5 Å². The summed E-state index contributed by atoms with van der Waals surface area (Å²) in [5.74, 6) is 0. The molecule has 0 aliphatic carbocycles. The fourth-order valence-electron chi connectivity index (χ4n) is 1.87. The van der Waals surface area contributed by atoms with Gasteiger partial charge in [0.2, 0.25) is 0 Å². The molecule has 0 N–H and O–H groups in total. The van der Waals surface area contributed by atoms with Crippen LogP contribution in [0.4, 0.5) is 0 Å². The van der Waals surface area contributed by atoms with Crippen molar-refractivity contribution in [2.75, 3.05) is 0 Å². The molecule has 0 aromatic heterocycles. The number of alkyl halides is 1. The second-order valence-corrected chi connectivity index (χ2v) is 7.09. The third-order valence-electron chi connectivity index (χ3n) is 3.66. The monoisotopic (exact) mass is 374 g/mol. The first-order valence-corrected chi connectivity index (χ1v) is 7.87. The van der Waals surface area contributed by atoms with E-state index in [0.29, 0.717) is 0 Å². The molecule has 1 aliphatic heterocycles. The largest absolute Gasteiger partial charge is 0.494 e. The van der Waals surface area contributed by atoms with Gasteiger partial charge in [0.1, 0.15) is 0 Å². The predicted molar refractivity (Wildman–Crippen MR) is 82.5 cm³/mol. The third-order valence-corrected chi connectivity index (χ3v) is 4.76. The van der Waals surface area contributed by atoms with Gasteiger partial charge in [0.25, 0.3) is 0 Å². The summed E-state index contributed by atoms with van der Waals surface area (Å²) in [6.45, 7) is 8.26. The molecule has 2 rings (SSSR count). The Balaban J connectivity index is 2.32. The van der Waals surface area contributed by atoms with Gasteiger partial charge in [-0.15, -0.1) is 0 Å². The van der Waals surface area contributed by atoms with Crippen LogP contribution in [-0.2, 0) is 14.6 Å². The standard InChI is InChI=1S/C13H17BBr2O2/c1-12(2)13(3,4)18-14(17-12)10-5-9(8-15)6-11(16)7-10/h5-7H,8H2,1-4H3. The minimum absolute atomic E-state index is 0.297. The minimum atomic E-state index is -0.301. The van der Waals surface area contributed by atoms with Gasteiger partial charge in [0, 0.05) is 9.80 Å². The molecule has 1 fully saturated rings. The van der Waals surface area contributed by atoms with Gasteiger partial charge in [-0.2, -0.15) is 0 Å². The van der Waals surface area contributed by atoms with E-state index in [9.17, 15) is 0 Å². The first-order chi connectivity index (χ1) is 8.25. The number of halogens is 2. The quantitative estimate of drug-likeness (QED) is 0.580. The lowest BCUT2D eigenvalue weighted by atomic mass is 9.78. The molecule has 0 atom stereocenters. The van der Waals surface area contributed by atoms with Gasteiger partial charge in [-0.25, -0.2) is 0 Å². The van der Waals surface area contributed by atoms with Gasteiger partial charge < -0.3 is 9.31 Å². The van der Waals surface area contributed by atoms with E-state index in [1.165, 1.54) is 5.56 Å². The van der Waals surface area contributed by atoms with E-state index in [1.54, 1.807) is 0 Å². The molecule has 2 nitrogen and oxygen atoms in total. The molecule has 1 saturated heterocycles. The lowest BCUT2D eigenvalue weighted by Crippen LogP contribution is -2.41. The minimum Gasteiger partial charge on any atom is -0.399 e. The van der Waals surface area contributed by atoms with Crippen LogP contribution < -0.4 is 5.46 Å². The Bertz CT molecular complexity index is 444. The molecule has 0 amide bonds. The summed E-state index contributed by atoms with van der Waals surface area (Å²) in [6, 6.07) is 6.25. The summed E-state index contributed by atoms with van der Waals surface area (Å²) in [5, 5.41) is 0.818. The summed E-state index contributed by atoms with van der Waals surface area (Å²) in [7, 11) is -0.301. The lowest BCUT2D eigenvalue weighted by molar-refractivity contribution is 0.00578. The van der Waals surface area contributed by atoms with Gasteiger partial charge in [-0.05, 0) is 50.9 Å². The molecule has 98 valence electrons. The highest BCUT2D eigenvalue weighted by Gasteiger charge is 2.51. The number of rotatable bonds is 2. The summed E-state index contributed by atoms with van der Waals surface area (Å²) < 4.78 is 13.1. The van der Waals surface area contributed by atoms with E-state index in [2.05, 4.69) is 71.7 Å². The fraction of sp³-hybridized carbons (Fsp3) is 0.538. The van der Waals surface area contributed by atoms with E-state index >= 15 is 0 Å². The number of benzene rings is 1. The zero-order valence-corrected chi connectivity index (χ0v) is 14.3. The summed E-state index contributed by atoms with van der Waals surface area (Å²) in [5.41, 5.74) is 1.66. The maximum atomic E-state index is 6.05. The Kier molecular flexibility index (Phi) is 3.99. The Labute approximate surface area is 126 Å². The molecule has 5 heteroatoms. The van der Waals surface area contributed by atoms with E-state index < -0.39 is 0 Å². The fourth-order valence-corrected chi connectivity index (χ4v) is 2.75. The van der Waals surface area contributed by atoms with Crippen molar-refractivity contribution in [3.8, 4) is 0 Å². The lowest BCUT2D eigenvalue weighted by Gasteiger charge is -2.32. The number of hydrogen-bond acceptors (Lipinski definition) is 2. The van der Waals surface area contributed by atoms with E-state index in [-0.39, 0.29) is 18.3 Å². The smallest absolute Gasteiger partial charge is 0.399 e. The molecule has 0 unspecified atom stereocenters. The van der Waals surface area contributed by atoms with Crippen LogP contribution in [0, 0.1) is 0 Å². The average Bonchev–Trinajstić information content (AvgIpc) is 2.47. The zero-order valence-electron chi connectivity index (χ0n) is 11.1. The molecule has 0 spiro atoms. The zero-order chi connectivity index (χ0) is 13.6. The van der Waals surface area contributed by atoms with Crippen LogP contribution >= 0.6 is 31.9 Å². The van der Waals surface area contributed by atoms with Gasteiger partial charge in [-0.1, -0.05) is 37.9 Å². The maximum Gasteiger partial charge on any atom is 0.494 e. The summed E-state index contributed by atoms with van der Waals surface area (Å²) >= 11 is 7.00. The van der Waals surface area contributed by atoms with Gasteiger partial charge in [0.15, 0.2) is 0 Å². The molecular formula is C13H17BBr2O2. The van der Waals surface area contributed by atoms with E-state index in [4.69, 9.17) is 9.31 Å². The molecule has 18 heavy (non-hydrogen) atoms. The summed E-state index contributed by atoms with van der Waals surface area (Å²) in [4.78, 5) is 0. The van der Waals surface area contributed by atoms with Crippen LogP contribution in [0.1, 0.15) is 33.3 Å². The van der Waals surface area contributed by atoms with Crippen molar-refractivity contribution in [3.63, 3.8) is 0 Å².